The van der Waals surface area contributed by atoms with Gasteiger partial charge >= 0.3 is 0 Å². The van der Waals surface area contributed by atoms with Crippen molar-refractivity contribution in [3.63, 3.8) is 0 Å². The quantitative estimate of drug-likeness (QED) is 0.831. The normalized spacial score (nSPS) is 10.3. The fourth-order valence-electron chi connectivity index (χ4n) is 1.59. The number of pyridine rings is 1. The number of anilines is 1. The highest BCUT2D eigenvalue weighted by Crippen LogP contribution is 2.21. The Morgan fingerprint density at radius 3 is 2.79 bits per heavy atom. The zero-order valence-corrected chi connectivity index (χ0v) is 12.2. The molecule has 2 rings (SSSR count). The highest BCUT2D eigenvalue weighted by molar-refractivity contribution is 9.10. The van der Waals surface area contributed by atoms with Crippen LogP contribution in [0.25, 0.3) is 0 Å². The van der Waals surface area contributed by atoms with Gasteiger partial charge in [-0.1, -0.05) is 27.5 Å². The van der Waals surface area contributed by atoms with E-state index >= 15 is 0 Å². The zero-order chi connectivity index (χ0) is 14.0. The molecule has 0 saturated carbocycles. The van der Waals surface area contributed by atoms with Gasteiger partial charge in [-0.25, -0.2) is 9.37 Å². The van der Waals surface area contributed by atoms with E-state index in [0.717, 1.165) is 22.3 Å². The minimum absolute atomic E-state index is 0.000653. The second-order valence-electron chi connectivity index (χ2n) is 3.96. The molecule has 98 valence electrons. The molecule has 1 aromatic carbocycles. The number of hydrogen-bond acceptors (Lipinski definition) is 2. The predicted molar refractivity (Wildman–Crippen MR) is 76.0 cm³/mol. The summed E-state index contributed by atoms with van der Waals surface area (Å²) in [6, 6.07) is 6.50. The fourth-order valence-corrected chi connectivity index (χ4v) is 2.39. The van der Waals surface area contributed by atoms with Crippen LogP contribution in [0.5, 0.6) is 0 Å². The minimum Gasteiger partial charge on any atom is -0.322 e. The molecule has 0 radical (unpaired) electrons. The third-order valence-electron chi connectivity index (χ3n) is 2.35. The topological polar surface area (TPSA) is 42.0 Å². The first-order valence-corrected chi connectivity index (χ1v) is 6.52. The van der Waals surface area contributed by atoms with Gasteiger partial charge in [-0.05, 0) is 36.8 Å². The molecule has 1 amide bonds. The van der Waals surface area contributed by atoms with Gasteiger partial charge in [0.25, 0.3) is 5.91 Å². The van der Waals surface area contributed by atoms with Crippen molar-refractivity contribution in [1.82, 2.24) is 4.98 Å². The molecular weight excluding hydrogens is 335 g/mol. The SMILES string of the molecule is Cc1cc(Br)cc(NC(=O)c2cc(F)cnc2Cl)c1. The molecule has 0 aliphatic heterocycles. The molecule has 0 unspecified atom stereocenters. The van der Waals surface area contributed by atoms with Gasteiger partial charge in [-0.15, -0.1) is 0 Å². The van der Waals surface area contributed by atoms with Crippen molar-refractivity contribution in [1.29, 1.82) is 0 Å². The number of hydrogen-bond donors (Lipinski definition) is 1. The number of benzene rings is 1. The Hall–Kier alpha value is -1.46. The van der Waals surface area contributed by atoms with E-state index in [0.29, 0.717) is 5.69 Å². The van der Waals surface area contributed by atoms with Gasteiger partial charge in [0.05, 0.1) is 11.8 Å². The Labute approximate surface area is 122 Å². The molecule has 19 heavy (non-hydrogen) atoms. The van der Waals surface area contributed by atoms with E-state index in [1.165, 1.54) is 0 Å². The number of aromatic nitrogens is 1. The highest BCUT2D eigenvalue weighted by atomic mass is 79.9. The first kappa shape index (κ1) is 14.0. The van der Waals surface area contributed by atoms with Crippen LogP contribution in [0.2, 0.25) is 5.15 Å². The number of amides is 1. The van der Waals surface area contributed by atoms with E-state index in [4.69, 9.17) is 11.6 Å². The number of nitrogens with zero attached hydrogens (tertiary/aromatic N) is 1. The molecule has 0 atom stereocenters. The van der Waals surface area contributed by atoms with Crippen LogP contribution >= 0.6 is 27.5 Å². The van der Waals surface area contributed by atoms with E-state index in [1.807, 2.05) is 13.0 Å². The summed E-state index contributed by atoms with van der Waals surface area (Å²) in [5.41, 5.74) is 1.57. The molecular formula is C13H9BrClFN2O. The van der Waals surface area contributed by atoms with Crippen LogP contribution in [0.15, 0.2) is 34.9 Å². The highest BCUT2D eigenvalue weighted by Gasteiger charge is 2.13. The summed E-state index contributed by atoms with van der Waals surface area (Å²) >= 11 is 9.11. The van der Waals surface area contributed by atoms with Gasteiger partial charge in [-0.2, -0.15) is 0 Å². The van der Waals surface area contributed by atoms with E-state index in [9.17, 15) is 9.18 Å². The summed E-state index contributed by atoms with van der Waals surface area (Å²) in [5.74, 6) is -1.12. The summed E-state index contributed by atoms with van der Waals surface area (Å²) in [6.07, 6.45) is 0.961. The maximum atomic E-state index is 13.1. The Kier molecular flexibility index (Phi) is 4.17. The summed E-state index contributed by atoms with van der Waals surface area (Å²) in [6.45, 7) is 1.90. The summed E-state index contributed by atoms with van der Waals surface area (Å²) < 4.78 is 13.9. The second kappa shape index (κ2) is 5.67. The van der Waals surface area contributed by atoms with E-state index in [1.54, 1.807) is 12.1 Å². The lowest BCUT2D eigenvalue weighted by Gasteiger charge is -2.08. The molecule has 0 fully saturated rings. The van der Waals surface area contributed by atoms with Crippen LogP contribution in [0.1, 0.15) is 15.9 Å². The minimum atomic E-state index is -0.611. The molecule has 0 aliphatic carbocycles. The molecule has 0 bridgehead atoms. The monoisotopic (exact) mass is 342 g/mol. The fraction of sp³-hybridized carbons (Fsp3) is 0.0769. The third kappa shape index (κ3) is 3.52. The molecule has 1 N–H and O–H groups in total. The van der Waals surface area contributed by atoms with Crippen molar-refractivity contribution in [3.8, 4) is 0 Å². The number of nitrogens with one attached hydrogen (secondary N) is 1. The van der Waals surface area contributed by atoms with Gasteiger partial charge in [0.1, 0.15) is 11.0 Å². The number of carbonyl (C=O) groups excluding carboxylic acids is 1. The lowest BCUT2D eigenvalue weighted by Crippen LogP contribution is -2.13. The second-order valence-corrected chi connectivity index (χ2v) is 5.24. The Morgan fingerprint density at radius 2 is 2.11 bits per heavy atom. The number of halogens is 3. The van der Waals surface area contributed by atoms with Crippen molar-refractivity contribution in [2.75, 3.05) is 5.32 Å². The van der Waals surface area contributed by atoms with Gasteiger partial charge in [0, 0.05) is 10.2 Å². The maximum absolute atomic E-state index is 13.1. The summed E-state index contributed by atoms with van der Waals surface area (Å²) in [7, 11) is 0. The molecule has 0 aliphatic rings. The van der Waals surface area contributed by atoms with Crippen LogP contribution < -0.4 is 5.32 Å². The Balaban J connectivity index is 2.28. The van der Waals surface area contributed by atoms with Crippen molar-refractivity contribution < 1.29 is 9.18 Å². The Morgan fingerprint density at radius 1 is 1.37 bits per heavy atom. The maximum Gasteiger partial charge on any atom is 0.258 e. The molecule has 3 nitrogen and oxygen atoms in total. The number of rotatable bonds is 2. The van der Waals surface area contributed by atoms with E-state index in [2.05, 4.69) is 26.2 Å². The number of aryl methyl sites for hydroxylation is 1. The third-order valence-corrected chi connectivity index (χ3v) is 3.11. The standard InChI is InChI=1S/C13H9BrClFN2O/c1-7-2-8(14)4-10(3-7)18-13(19)11-5-9(16)6-17-12(11)15/h2-6H,1H3,(H,18,19). The lowest BCUT2D eigenvalue weighted by atomic mass is 10.2. The average molecular weight is 344 g/mol. The zero-order valence-electron chi connectivity index (χ0n) is 9.88. The smallest absolute Gasteiger partial charge is 0.258 e. The summed E-state index contributed by atoms with van der Waals surface area (Å²) in [4.78, 5) is 15.6. The van der Waals surface area contributed by atoms with Gasteiger partial charge in [0.2, 0.25) is 0 Å². The van der Waals surface area contributed by atoms with Crippen molar-refractivity contribution >= 4 is 39.1 Å². The lowest BCUT2D eigenvalue weighted by molar-refractivity contribution is 0.102. The van der Waals surface area contributed by atoms with Gasteiger partial charge < -0.3 is 5.32 Å². The molecule has 0 spiro atoms. The molecule has 1 heterocycles. The van der Waals surface area contributed by atoms with Crippen molar-refractivity contribution in [2.24, 2.45) is 0 Å². The van der Waals surface area contributed by atoms with E-state index < -0.39 is 11.7 Å². The molecule has 1 aromatic heterocycles. The number of carbonyl (C=O) groups is 1. The summed E-state index contributed by atoms with van der Waals surface area (Å²) in [5, 5.41) is 2.61. The van der Waals surface area contributed by atoms with Crippen molar-refractivity contribution in [3.05, 3.63) is 57.0 Å². The van der Waals surface area contributed by atoms with Crippen LogP contribution in [0.4, 0.5) is 10.1 Å². The van der Waals surface area contributed by atoms with E-state index in [-0.39, 0.29) is 10.7 Å². The first-order valence-electron chi connectivity index (χ1n) is 5.35. The van der Waals surface area contributed by atoms with Crippen LogP contribution in [-0.4, -0.2) is 10.9 Å². The molecule has 2 aromatic rings. The predicted octanol–water partition coefficient (Wildman–Crippen LogP) is 4.20. The molecule has 0 saturated heterocycles. The van der Waals surface area contributed by atoms with Crippen LogP contribution in [0.3, 0.4) is 0 Å². The van der Waals surface area contributed by atoms with Crippen LogP contribution in [-0.2, 0) is 0 Å². The Bertz CT molecular complexity index is 628. The van der Waals surface area contributed by atoms with Crippen LogP contribution in [0, 0.1) is 12.7 Å². The largest absolute Gasteiger partial charge is 0.322 e. The van der Waals surface area contributed by atoms with Gasteiger partial charge in [0.15, 0.2) is 0 Å². The average Bonchev–Trinajstić information content (AvgIpc) is 2.30. The van der Waals surface area contributed by atoms with Gasteiger partial charge in [-0.3, -0.25) is 4.79 Å². The molecule has 6 heteroatoms. The first-order chi connectivity index (χ1) is 8.95. The van der Waals surface area contributed by atoms with Crippen molar-refractivity contribution in [2.45, 2.75) is 6.92 Å².